The van der Waals surface area contributed by atoms with Crippen molar-refractivity contribution in [3.05, 3.63) is 91.9 Å². The van der Waals surface area contributed by atoms with Crippen LogP contribution < -0.4 is 10.9 Å². The van der Waals surface area contributed by atoms with Gasteiger partial charge in [-0.3, -0.25) is 24.4 Å². The van der Waals surface area contributed by atoms with Gasteiger partial charge in [-0.25, -0.2) is 4.68 Å². The summed E-state index contributed by atoms with van der Waals surface area (Å²) in [5.74, 6) is -0.782. The van der Waals surface area contributed by atoms with Crippen LogP contribution in [0.15, 0.2) is 65.0 Å². The number of nitriles is 1. The fourth-order valence-corrected chi connectivity index (χ4v) is 2.94. The average molecular weight is 403 g/mol. The number of anilines is 1. The third kappa shape index (κ3) is 3.88. The number of carbonyl (C=O) groups excluding carboxylic acids is 1. The van der Waals surface area contributed by atoms with E-state index in [1.54, 1.807) is 49.0 Å². The van der Waals surface area contributed by atoms with E-state index in [2.05, 4.69) is 5.32 Å². The highest BCUT2D eigenvalue weighted by molar-refractivity contribution is 6.09. The van der Waals surface area contributed by atoms with E-state index in [4.69, 9.17) is 0 Å². The molecular formula is C21H17N5O4. The van der Waals surface area contributed by atoms with Gasteiger partial charge in [-0.1, -0.05) is 30.3 Å². The third-order valence-corrected chi connectivity index (χ3v) is 4.55. The van der Waals surface area contributed by atoms with Crippen molar-refractivity contribution < 1.29 is 9.72 Å². The number of para-hydroxylation sites is 1. The van der Waals surface area contributed by atoms with Crippen molar-refractivity contribution in [3.63, 3.8) is 0 Å². The summed E-state index contributed by atoms with van der Waals surface area (Å²) in [6.07, 6.45) is 1.23. The topological polar surface area (TPSA) is 123 Å². The van der Waals surface area contributed by atoms with Gasteiger partial charge in [0, 0.05) is 19.2 Å². The lowest BCUT2D eigenvalue weighted by Crippen LogP contribution is -2.23. The van der Waals surface area contributed by atoms with Gasteiger partial charge in [-0.05, 0) is 30.7 Å². The van der Waals surface area contributed by atoms with Gasteiger partial charge in [-0.2, -0.15) is 5.26 Å². The molecule has 1 heterocycles. The minimum Gasteiger partial charge on any atom is -0.315 e. The second-order valence-electron chi connectivity index (χ2n) is 6.41. The standard InChI is InChI=1S/C21H17N5O4/c1-14-19(21(28)25(24(14)2)17-8-4-3-5-9-17)23-20(27)16(13-22)11-15-7-6-10-18(12-15)26(29)30/h3-12H,1-2H3,(H,23,27)/b16-11+. The number of nitrogens with zero attached hydrogens (tertiary/aromatic N) is 4. The molecule has 0 aliphatic heterocycles. The van der Waals surface area contributed by atoms with Gasteiger partial charge in [0.2, 0.25) is 0 Å². The van der Waals surface area contributed by atoms with E-state index in [9.17, 15) is 25.0 Å². The van der Waals surface area contributed by atoms with Gasteiger partial charge in [0.1, 0.15) is 17.3 Å². The van der Waals surface area contributed by atoms with Gasteiger partial charge in [0.05, 0.1) is 16.3 Å². The summed E-state index contributed by atoms with van der Waals surface area (Å²) < 4.78 is 3.00. The maximum atomic E-state index is 12.9. The SMILES string of the molecule is Cc1c(NC(=O)/C(C#N)=C/c2cccc([N+](=O)[O-])c2)c(=O)n(-c2ccccc2)n1C. The Balaban J connectivity index is 1.96. The quantitative estimate of drug-likeness (QED) is 0.304. The van der Waals surface area contributed by atoms with Crippen molar-refractivity contribution in [2.75, 3.05) is 5.32 Å². The molecule has 0 spiro atoms. The molecule has 150 valence electrons. The largest absolute Gasteiger partial charge is 0.315 e. The van der Waals surface area contributed by atoms with Gasteiger partial charge in [0.15, 0.2) is 0 Å². The molecular weight excluding hydrogens is 386 g/mol. The lowest BCUT2D eigenvalue weighted by Gasteiger charge is -2.07. The molecule has 0 bridgehead atoms. The second kappa shape index (κ2) is 8.28. The maximum absolute atomic E-state index is 12.9. The summed E-state index contributed by atoms with van der Waals surface area (Å²) in [7, 11) is 1.68. The number of hydrogen-bond acceptors (Lipinski definition) is 5. The summed E-state index contributed by atoms with van der Waals surface area (Å²) in [6.45, 7) is 1.67. The van der Waals surface area contributed by atoms with Crippen molar-refractivity contribution in [1.82, 2.24) is 9.36 Å². The first kappa shape index (κ1) is 20.3. The molecule has 0 saturated carbocycles. The molecule has 9 nitrogen and oxygen atoms in total. The van der Waals surface area contributed by atoms with Crippen LogP contribution in [0.4, 0.5) is 11.4 Å². The lowest BCUT2D eigenvalue weighted by atomic mass is 10.1. The summed E-state index contributed by atoms with van der Waals surface area (Å²) in [5, 5.41) is 22.8. The molecule has 3 rings (SSSR count). The molecule has 0 saturated heterocycles. The first-order valence-corrected chi connectivity index (χ1v) is 8.85. The van der Waals surface area contributed by atoms with Crippen LogP contribution in [0, 0.1) is 28.4 Å². The molecule has 1 aromatic heterocycles. The number of nitro groups is 1. The highest BCUT2D eigenvalue weighted by atomic mass is 16.6. The molecule has 1 N–H and O–H groups in total. The van der Waals surface area contributed by atoms with E-state index < -0.39 is 16.4 Å². The number of non-ortho nitro benzene ring substituents is 1. The van der Waals surface area contributed by atoms with E-state index in [-0.39, 0.29) is 16.9 Å². The molecule has 30 heavy (non-hydrogen) atoms. The molecule has 0 fully saturated rings. The van der Waals surface area contributed by atoms with Crippen LogP contribution in [0.5, 0.6) is 0 Å². The Bertz CT molecular complexity index is 1260. The van der Waals surface area contributed by atoms with E-state index in [1.807, 2.05) is 6.07 Å². The summed E-state index contributed by atoms with van der Waals surface area (Å²) in [6, 6.07) is 16.2. The Labute approximate surface area is 171 Å². The number of nitrogens with one attached hydrogen (secondary N) is 1. The van der Waals surface area contributed by atoms with Crippen LogP contribution in [0.1, 0.15) is 11.3 Å². The smallest absolute Gasteiger partial charge is 0.295 e. The van der Waals surface area contributed by atoms with Crippen molar-refractivity contribution >= 4 is 23.4 Å². The monoisotopic (exact) mass is 403 g/mol. The number of benzene rings is 2. The maximum Gasteiger partial charge on any atom is 0.295 e. The molecule has 1 amide bonds. The zero-order valence-corrected chi connectivity index (χ0v) is 16.2. The Morgan fingerprint density at radius 3 is 2.53 bits per heavy atom. The first-order valence-electron chi connectivity index (χ1n) is 8.85. The number of aromatic nitrogens is 2. The van der Waals surface area contributed by atoms with Gasteiger partial charge in [0.25, 0.3) is 17.2 Å². The van der Waals surface area contributed by atoms with Crippen molar-refractivity contribution in [3.8, 4) is 11.8 Å². The predicted octanol–water partition coefficient (Wildman–Crippen LogP) is 2.94. The van der Waals surface area contributed by atoms with Gasteiger partial charge in [-0.15, -0.1) is 0 Å². The molecule has 0 aliphatic rings. The molecule has 0 radical (unpaired) electrons. The number of amides is 1. The summed E-state index contributed by atoms with van der Waals surface area (Å²) >= 11 is 0. The lowest BCUT2D eigenvalue weighted by molar-refractivity contribution is -0.384. The average Bonchev–Trinajstić information content (AvgIpc) is 2.95. The molecule has 0 aliphatic carbocycles. The first-order chi connectivity index (χ1) is 14.3. The van der Waals surface area contributed by atoms with Crippen molar-refractivity contribution in [2.24, 2.45) is 7.05 Å². The van der Waals surface area contributed by atoms with Crippen molar-refractivity contribution in [1.29, 1.82) is 5.26 Å². The molecule has 2 aromatic carbocycles. The number of nitro benzene ring substituents is 1. The third-order valence-electron chi connectivity index (χ3n) is 4.55. The Morgan fingerprint density at radius 1 is 1.20 bits per heavy atom. The van der Waals surface area contributed by atoms with Crippen LogP contribution in [0.2, 0.25) is 0 Å². The summed E-state index contributed by atoms with van der Waals surface area (Å²) in [5.41, 5.74) is 0.609. The van der Waals surface area contributed by atoms with Crippen LogP contribution in [-0.4, -0.2) is 20.2 Å². The highest BCUT2D eigenvalue weighted by Crippen LogP contribution is 2.18. The number of rotatable bonds is 5. The zero-order valence-electron chi connectivity index (χ0n) is 16.2. The molecule has 0 unspecified atom stereocenters. The predicted molar refractivity (Wildman–Crippen MR) is 111 cm³/mol. The Hall–Kier alpha value is -4.45. The normalized spacial score (nSPS) is 11.0. The van der Waals surface area contributed by atoms with Crippen molar-refractivity contribution in [2.45, 2.75) is 6.92 Å². The van der Waals surface area contributed by atoms with E-state index in [0.717, 1.165) is 0 Å². The molecule has 3 aromatic rings. The minimum absolute atomic E-state index is 0.0477. The fraction of sp³-hybridized carbons (Fsp3) is 0.0952. The summed E-state index contributed by atoms with van der Waals surface area (Å²) in [4.78, 5) is 35.9. The fourth-order valence-electron chi connectivity index (χ4n) is 2.94. The Kier molecular flexibility index (Phi) is 5.60. The van der Waals surface area contributed by atoms with E-state index >= 15 is 0 Å². The van der Waals surface area contributed by atoms with E-state index in [0.29, 0.717) is 16.9 Å². The van der Waals surface area contributed by atoms with Gasteiger partial charge < -0.3 is 5.32 Å². The zero-order chi connectivity index (χ0) is 21.8. The highest BCUT2D eigenvalue weighted by Gasteiger charge is 2.20. The minimum atomic E-state index is -0.782. The van der Waals surface area contributed by atoms with Crippen LogP contribution in [-0.2, 0) is 11.8 Å². The Morgan fingerprint density at radius 2 is 1.90 bits per heavy atom. The van der Waals surface area contributed by atoms with E-state index in [1.165, 1.54) is 35.0 Å². The van der Waals surface area contributed by atoms with Crippen LogP contribution in [0.25, 0.3) is 11.8 Å². The second-order valence-corrected chi connectivity index (χ2v) is 6.41. The number of carbonyl (C=O) groups is 1. The molecule has 9 heteroatoms. The van der Waals surface area contributed by atoms with Crippen LogP contribution >= 0.6 is 0 Å². The van der Waals surface area contributed by atoms with Crippen LogP contribution in [0.3, 0.4) is 0 Å². The van der Waals surface area contributed by atoms with Gasteiger partial charge >= 0.3 is 0 Å². The number of hydrogen-bond donors (Lipinski definition) is 1. The molecule has 0 atom stereocenters.